The molecule has 0 aliphatic rings. The van der Waals surface area contributed by atoms with Crippen molar-refractivity contribution in [1.82, 2.24) is 0 Å². The van der Waals surface area contributed by atoms with Gasteiger partial charge in [0.15, 0.2) is 0 Å². The fourth-order valence-corrected chi connectivity index (χ4v) is 10.3. The van der Waals surface area contributed by atoms with E-state index in [1.165, 1.54) is 22.7 Å². The van der Waals surface area contributed by atoms with Crippen molar-refractivity contribution in [3.63, 3.8) is 0 Å². The number of benzene rings is 10. The number of fused-ring (bicyclic) bond motifs is 8. The first-order valence-corrected chi connectivity index (χ1v) is 18.5. The van der Waals surface area contributed by atoms with Crippen LogP contribution in [0.5, 0.6) is 0 Å². The third kappa shape index (κ3) is 4.42. The second kappa shape index (κ2) is 11.6. The molecule has 0 unspecified atom stereocenters. The molecule has 0 amide bonds. The minimum atomic E-state index is -0.591. The van der Waals surface area contributed by atoms with E-state index in [1.54, 1.807) is 48.5 Å². The van der Waals surface area contributed by atoms with E-state index in [0.717, 1.165) is 0 Å². The van der Waals surface area contributed by atoms with Gasteiger partial charge in [0.05, 0.1) is 27.4 Å². The first-order chi connectivity index (χ1) is 35.0. The van der Waals surface area contributed by atoms with Gasteiger partial charge in [0.25, 0.3) is 0 Å². The van der Waals surface area contributed by atoms with E-state index in [9.17, 15) is 5.48 Å². The molecule has 12 rings (SSSR count). The van der Waals surface area contributed by atoms with Gasteiger partial charge >= 0.3 is 0 Å². The van der Waals surface area contributed by atoms with Crippen LogP contribution in [0.15, 0.2) is 182 Å². The van der Waals surface area contributed by atoms with Crippen LogP contribution in [0.1, 0.15) is 27.4 Å². The van der Waals surface area contributed by atoms with E-state index in [-0.39, 0.29) is 57.6 Å². The van der Waals surface area contributed by atoms with Crippen molar-refractivity contribution < 1.29 is 27.4 Å². The summed E-state index contributed by atoms with van der Waals surface area (Å²) in [7, 11) is 0. The zero-order valence-electron chi connectivity index (χ0n) is 47.6. The van der Waals surface area contributed by atoms with Crippen molar-refractivity contribution in [3.05, 3.63) is 182 Å². The molecule has 54 heavy (non-hydrogen) atoms. The molecule has 0 spiro atoms. The molecule has 0 aliphatic carbocycles. The van der Waals surface area contributed by atoms with Crippen LogP contribution in [0, 0.1) is 0 Å². The lowest BCUT2D eigenvalue weighted by Gasteiger charge is -2.19. The minimum absolute atomic E-state index is 0.00267. The van der Waals surface area contributed by atoms with Gasteiger partial charge in [0, 0.05) is 51.1 Å². The largest absolute Gasteiger partial charge is 0.135 e. The summed E-state index contributed by atoms with van der Waals surface area (Å²) in [5, 5.41) is 5.74. The van der Waals surface area contributed by atoms with Crippen LogP contribution in [0.2, 0.25) is 0 Å². The summed E-state index contributed by atoms with van der Waals surface area (Å²) in [5.41, 5.74) is 1.07. The van der Waals surface area contributed by atoms with Gasteiger partial charge in [-0.3, -0.25) is 0 Å². The van der Waals surface area contributed by atoms with Gasteiger partial charge < -0.3 is 0 Å². The summed E-state index contributed by atoms with van der Waals surface area (Å²) in [4.78, 5) is 0. The molecule has 10 aromatic carbocycles. The van der Waals surface area contributed by atoms with Crippen molar-refractivity contribution in [1.29, 1.82) is 0 Å². The predicted molar refractivity (Wildman–Crippen MR) is 238 cm³/mol. The molecule has 0 aliphatic heterocycles. The lowest BCUT2D eigenvalue weighted by Crippen LogP contribution is -1.91. The zero-order chi connectivity index (χ0) is 52.7. The van der Waals surface area contributed by atoms with Crippen LogP contribution >= 0.6 is 22.7 Å². The number of hydrogen-bond donors (Lipinski definition) is 0. The molecule has 0 bridgehead atoms. The highest BCUT2D eigenvalue weighted by molar-refractivity contribution is 7.27. The van der Waals surface area contributed by atoms with Gasteiger partial charge in [-0.15, -0.1) is 22.7 Å². The first kappa shape index (κ1) is 16.8. The smallest absolute Gasteiger partial charge is 0.0629 e. The third-order valence-electron chi connectivity index (χ3n) is 10.1. The van der Waals surface area contributed by atoms with Gasteiger partial charge in [0.1, 0.15) is 0 Å². The van der Waals surface area contributed by atoms with Crippen LogP contribution in [0.4, 0.5) is 0 Å². The van der Waals surface area contributed by atoms with Crippen LogP contribution in [-0.4, -0.2) is 0 Å². The predicted octanol–water partition coefficient (Wildman–Crippen LogP) is 16.0. The summed E-state index contributed by atoms with van der Waals surface area (Å²) in [6.45, 7) is 0. The SMILES string of the molecule is [2H]c1c([2H])c([2H])c(-c2ccc3c(c2)sc2c3cc3c(-c4c([2H])c([2H])c([2H])c([2H])c4[2H])cc4c5sc6cc(-c7c([2H])c([2H])c([2H])c([2H])c7[2H])ccc6c5cc5c(-c6c([2H])c([2H])c([2H])c([2H])c6[2H])cc2c3c54)c([2H])c1[2H]. The van der Waals surface area contributed by atoms with E-state index < -0.39 is 96.7 Å². The summed E-state index contributed by atoms with van der Waals surface area (Å²) >= 11 is 2.64. The molecule has 0 radical (unpaired) electrons. The molecular weight excluding hydrogens is 689 g/mol. The van der Waals surface area contributed by atoms with Crippen molar-refractivity contribution in [3.8, 4) is 44.5 Å². The Morgan fingerprint density at radius 2 is 0.667 bits per heavy atom. The van der Waals surface area contributed by atoms with E-state index in [0.29, 0.717) is 83.8 Å². The Morgan fingerprint density at radius 3 is 1.06 bits per heavy atom. The number of thiophene rings is 2. The van der Waals surface area contributed by atoms with Gasteiger partial charge in [0.2, 0.25) is 0 Å². The molecule has 0 nitrogen and oxygen atoms in total. The van der Waals surface area contributed by atoms with Gasteiger partial charge in [-0.05, 0) is 102 Å². The van der Waals surface area contributed by atoms with E-state index in [4.69, 9.17) is 21.9 Å². The summed E-state index contributed by atoms with van der Waals surface area (Å²) in [6, 6.07) is 7.69. The van der Waals surface area contributed by atoms with Crippen LogP contribution in [-0.2, 0) is 0 Å². The highest BCUT2D eigenvalue weighted by Gasteiger charge is 2.23. The molecule has 0 saturated carbocycles. The van der Waals surface area contributed by atoms with Crippen molar-refractivity contribution >= 4 is 95.3 Å². The average molecular weight is 739 g/mol. The monoisotopic (exact) mass is 738 g/mol. The topological polar surface area (TPSA) is 0 Å². The number of hydrogen-bond acceptors (Lipinski definition) is 2. The van der Waals surface area contributed by atoms with Crippen molar-refractivity contribution in [2.45, 2.75) is 0 Å². The third-order valence-corrected chi connectivity index (χ3v) is 12.5. The Labute approximate surface area is 348 Å². The van der Waals surface area contributed by atoms with Crippen molar-refractivity contribution in [2.24, 2.45) is 0 Å². The summed E-state index contributed by atoms with van der Waals surface area (Å²) in [6.07, 6.45) is 0. The Hall–Kier alpha value is -6.32. The Balaban J connectivity index is 1.29. The lowest BCUT2D eigenvalue weighted by molar-refractivity contribution is 1.66. The van der Waals surface area contributed by atoms with E-state index in [1.807, 2.05) is 12.1 Å². The molecule has 2 heteroatoms. The van der Waals surface area contributed by atoms with Crippen LogP contribution < -0.4 is 0 Å². The fourth-order valence-electron chi connectivity index (χ4n) is 7.84. The maximum atomic E-state index is 9.29. The molecule has 12 aromatic rings. The zero-order valence-corrected chi connectivity index (χ0v) is 29.2. The highest BCUT2D eigenvalue weighted by atomic mass is 32.1. The molecule has 0 atom stereocenters. The Bertz CT molecular complexity index is 4200. The Kier molecular flexibility index (Phi) is 3.60. The summed E-state index contributed by atoms with van der Waals surface area (Å²) in [5.74, 6) is 0. The normalized spacial score (nSPS) is 17.3. The highest BCUT2D eigenvalue weighted by Crippen LogP contribution is 2.53. The molecule has 0 saturated heterocycles. The van der Waals surface area contributed by atoms with Gasteiger partial charge in [-0.25, -0.2) is 0 Å². The quantitative estimate of drug-likeness (QED) is 0.158. The van der Waals surface area contributed by atoms with Gasteiger partial charge in [-0.1, -0.05) is 145 Å². The standard InChI is InChI=1S/C52H30S2/c1-5-13-31(14-6-1)35-21-23-37-43-29-41-40(34-19-11-4-12-20-34)28-46-50-42(30-44-38-24-22-36(26-48(38)54-52(44)46)32-15-7-2-8-16-32)39(33-17-9-3-10-18-33)27-45(49(41)50)51(43)53-47(37)25-35/h1-30H/i1D,2D,3D,4D,5D,6D,7D,8D,9D,10D,11D,12D,13D,14D,15D,16D,17D,18D,19D,20D. The maximum Gasteiger partial charge on any atom is 0.0629 e. The molecule has 2 aromatic heterocycles. The second-order valence-electron chi connectivity index (χ2n) is 12.9. The van der Waals surface area contributed by atoms with Crippen LogP contribution in [0.3, 0.4) is 0 Å². The second-order valence-corrected chi connectivity index (χ2v) is 15.0. The molecule has 250 valence electrons. The Morgan fingerprint density at radius 1 is 0.296 bits per heavy atom. The summed E-state index contributed by atoms with van der Waals surface area (Å²) < 4.78 is 177. The molecule has 0 N–H and O–H groups in total. The lowest BCUT2D eigenvalue weighted by atomic mass is 9.84. The number of rotatable bonds is 4. The fraction of sp³-hybridized carbons (Fsp3) is 0. The first-order valence-electron chi connectivity index (χ1n) is 26.9. The van der Waals surface area contributed by atoms with E-state index in [2.05, 4.69) is 0 Å². The maximum absolute atomic E-state index is 9.29. The van der Waals surface area contributed by atoms with Crippen molar-refractivity contribution in [2.75, 3.05) is 0 Å². The average Bonchev–Trinajstić information content (AvgIpc) is 3.98. The minimum Gasteiger partial charge on any atom is -0.135 e. The van der Waals surface area contributed by atoms with Gasteiger partial charge in [-0.2, -0.15) is 0 Å². The molecule has 0 fully saturated rings. The van der Waals surface area contributed by atoms with E-state index >= 15 is 0 Å². The van der Waals surface area contributed by atoms with Crippen LogP contribution in [0.25, 0.3) is 117 Å². The molecular formula is C52H30S2. The molecule has 2 heterocycles.